The highest BCUT2D eigenvalue weighted by molar-refractivity contribution is 6.33. The van der Waals surface area contributed by atoms with Crippen LogP contribution in [-0.2, 0) is 25.6 Å². The molecular formula is C33H45ClN10O5. The van der Waals surface area contributed by atoms with Crippen LogP contribution in [-0.4, -0.2) is 87.4 Å². The summed E-state index contributed by atoms with van der Waals surface area (Å²) in [5.74, 6) is 1.91. The Bertz CT molecular complexity index is 1550. The fourth-order valence-electron chi connectivity index (χ4n) is 6.07. The number of nitrogens with one attached hydrogen (secondary N) is 3. The van der Waals surface area contributed by atoms with Crippen LogP contribution in [0.3, 0.4) is 0 Å². The van der Waals surface area contributed by atoms with Gasteiger partial charge >= 0.3 is 6.16 Å². The lowest BCUT2D eigenvalue weighted by Crippen LogP contribution is -2.43. The number of pyridine rings is 2. The van der Waals surface area contributed by atoms with E-state index in [0.29, 0.717) is 61.9 Å². The number of carbonyl (C=O) groups excluding carboxylic acids is 1. The van der Waals surface area contributed by atoms with Crippen molar-refractivity contribution in [2.75, 3.05) is 43.6 Å². The van der Waals surface area contributed by atoms with E-state index in [2.05, 4.69) is 49.5 Å². The Morgan fingerprint density at radius 1 is 1.18 bits per heavy atom. The van der Waals surface area contributed by atoms with E-state index in [0.717, 1.165) is 42.8 Å². The molecule has 0 spiro atoms. The van der Waals surface area contributed by atoms with E-state index < -0.39 is 17.8 Å². The largest absolute Gasteiger partial charge is 0.510 e. The minimum atomic E-state index is -0.779. The Kier molecular flexibility index (Phi) is 12.9. The quantitative estimate of drug-likeness (QED) is 0.178. The summed E-state index contributed by atoms with van der Waals surface area (Å²) >= 11 is 6.59. The summed E-state index contributed by atoms with van der Waals surface area (Å²) in [5, 5.41) is 32.5. The predicted octanol–water partition coefficient (Wildman–Crippen LogP) is 5.13. The second-order valence-corrected chi connectivity index (χ2v) is 12.9. The number of nitriles is 1. The number of hydrogen-bond donors (Lipinski definition) is 3. The summed E-state index contributed by atoms with van der Waals surface area (Å²) < 4.78 is 22.7. The predicted molar refractivity (Wildman–Crippen MR) is 182 cm³/mol. The molecule has 15 nitrogen and oxygen atoms in total. The Balaban J connectivity index is 1.06. The van der Waals surface area contributed by atoms with Crippen molar-refractivity contribution in [1.82, 2.24) is 35.5 Å². The first-order chi connectivity index (χ1) is 23.8. The van der Waals surface area contributed by atoms with Gasteiger partial charge in [0.1, 0.15) is 18.2 Å². The normalized spacial score (nSPS) is 20.1. The summed E-state index contributed by atoms with van der Waals surface area (Å²) in [5.41, 5.74) is 1.08. The number of ether oxygens (including phenoxy) is 4. The van der Waals surface area contributed by atoms with Crippen molar-refractivity contribution in [3.8, 4) is 17.3 Å². The van der Waals surface area contributed by atoms with Gasteiger partial charge < -0.3 is 34.9 Å². The van der Waals surface area contributed by atoms with Gasteiger partial charge in [0.25, 0.3) is 0 Å². The topological polar surface area (TPSA) is 183 Å². The average Bonchev–Trinajstić information content (AvgIpc) is 3.58. The Labute approximate surface area is 291 Å². The molecule has 2 atom stereocenters. The van der Waals surface area contributed by atoms with Gasteiger partial charge in [0, 0.05) is 49.6 Å². The zero-order valence-corrected chi connectivity index (χ0v) is 29.0. The maximum Gasteiger partial charge on any atom is 0.510 e. The van der Waals surface area contributed by atoms with Crippen LogP contribution in [0.25, 0.3) is 11.3 Å². The van der Waals surface area contributed by atoms with Crippen molar-refractivity contribution < 1.29 is 23.7 Å². The van der Waals surface area contributed by atoms with Crippen molar-refractivity contribution in [3.05, 3.63) is 41.3 Å². The first-order valence-corrected chi connectivity index (χ1v) is 17.2. The SMILES string of the molecule is CCOC(=O)O[C@@H](C)n1nnnc1COC[C@@H](C)NC1CCC(Nc2cc(-c3cccc(NCC4(C#N)CCOCC4)n3)c(Cl)cn2)CC1. The fourth-order valence-corrected chi connectivity index (χ4v) is 6.27. The highest BCUT2D eigenvalue weighted by atomic mass is 35.5. The zero-order chi connectivity index (χ0) is 34.6. The van der Waals surface area contributed by atoms with Gasteiger partial charge in [-0.1, -0.05) is 17.7 Å². The molecule has 2 fully saturated rings. The maximum absolute atomic E-state index is 11.6. The molecule has 49 heavy (non-hydrogen) atoms. The molecule has 4 heterocycles. The lowest BCUT2D eigenvalue weighted by Gasteiger charge is -2.32. The van der Waals surface area contributed by atoms with Gasteiger partial charge in [0.2, 0.25) is 0 Å². The molecular weight excluding hydrogens is 652 g/mol. The van der Waals surface area contributed by atoms with Gasteiger partial charge in [0.15, 0.2) is 12.1 Å². The maximum atomic E-state index is 11.6. The van der Waals surface area contributed by atoms with E-state index >= 15 is 0 Å². The molecule has 0 unspecified atom stereocenters. The molecule has 3 N–H and O–H groups in total. The Morgan fingerprint density at radius 2 is 1.96 bits per heavy atom. The number of anilines is 2. The van der Waals surface area contributed by atoms with Crippen LogP contribution in [0.5, 0.6) is 0 Å². The highest BCUT2D eigenvalue weighted by Crippen LogP contribution is 2.32. The molecule has 0 amide bonds. The van der Waals surface area contributed by atoms with Crippen molar-refractivity contribution in [2.45, 2.75) is 90.3 Å². The van der Waals surface area contributed by atoms with Crippen LogP contribution in [0.1, 0.15) is 71.3 Å². The molecule has 1 saturated heterocycles. The molecule has 3 aromatic heterocycles. The van der Waals surface area contributed by atoms with Gasteiger partial charge in [-0.3, -0.25) is 0 Å². The third kappa shape index (κ3) is 10.2. The van der Waals surface area contributed by atoms with Crippen LogP contribution in [0.4, 0.5) is 16.4 Å². The lowest BCUT2D eigenvalue weighted by atomic mass is 9.82. The standard InChI is InChI=1S/C33H45ClN10O5/c1-4-48-32(45)49-23(3)44-31(41-42-43-44)19-47-18-22(2)38-24-8-10-25(11-9-24)39-30-16-26(27(34)17-36-30)28-6-5-7-29(40-28)37-21-33(20-35)12-14-46-15-13-33/h5-7,16-17,22-25,38H,4,8-15,18-19,21H2,1-3H3,(H,36,39)(H,37,40)/t22-,23+,24?,25?/m1/s1. The highest BCUT2D eigenvalue weighted by Gasteiger charge is 2.32. The summed E-state index contributed by atoms with van der Waals surface area (Å²) in [6.45, 7) is 8.02. The number of aromatic nitrogens is 6. The van der Waals surface area contributed by atoms with Gasteiger partial charge in [-0.05, 0) is 87.9 Å². The molecule has 2 aliphatic rings. The van der Waals surface area contributed by atoms with Crippen LogP contribution < -0.4 is 16.0 Å². The van der Waals surface area contributed by atoms with Crippen LogP contribution in [0, 0.1) is 16.7 Å². The van der Waals surface area contributed by atoms with E-state index in [1.54, 1.807) is 20.0 Å². The molecule has 264 valence electrons. The Hall–Kier alpha value is -4.10. The molecule has 0 bridgehead atoms. The molecule has 1 aliphatic heterocycles. The van der Waals surface area contributed by atoms with Crippen LogP contribution >= 0.6 is 11.6 Å². The first-order valence-electron chi connectivity index (χ1n) is 16.8. The molecule has 16 heteroatoms. The fraction of sp³-hybridized carbons (Fsp3) is 0.606. The molecule has 1 aliphatic carbocycles. The van der Waals surface area contributed by atoms with Gasteiger partial charge in [-0.25, -0.2) is 14.8 Å². The molecule has 1 saturated carbocycles. The van der Waals surface area contributed by atoms with E-state index in [9.17, 15) is 10.1 Å². The van der Waals surface area contributed by atoms with Crippen LogP contribution in [0.2, 0.25) is 5.02 Å². The van der Waals surface area contributed by atoms with Crippen molar-refractivity contribution in [1.29, 1.82) is 5.26 Å². The second-order valence-electron chi connectivity index (χ2n) is 12.5. The summed E-state index contributed by atoms with van der Waals surface area (Å²) in [6, 6.07) is 11.0. The van der Waals surface area contributed by atoms with E-state index in [4.69, 9.17) is 35.5 Å². The molecule has 0 radical (unpaired) electrons. The number of hydrogen-bond acceptors (Lipinski definition) is 14. The summed E-state index contributed by atoms with van der Waals surface area (Å²) in [7, 11) is 0. The van der Waals surface area contributed by atoms with Crippen molar-refractivity contribution in [3.63, 3.8) is 0 Å². The van der Waals surface area contributed by atoms with Crippen molar-refractivity contribution in [2.24, 2.45) is 5.41 Å². The Morgan fingerprint density at radius 3 is 2.71 bits per heavy atom. The molecule has 0 aromatic carbocycles. The lowest BCUT2D eigenvalue weighted by molar-refractivity contribution is -0.00389. The van der Waals surface area contributed by atoms with Crippen LogP contribution in [0.15, 0.2) is 30.5 Å². The van der Waals surface area contributed by atoms with E-state index in [1.165, 1.54) is 4.68 Å². The van der Waals surface area contributed by atoms with Crippen molar-refractivity contribution >= 4 is 29.4 Å². The van der Waals surface area contributed by atoms with Gasteiger partial charge in [-0.2, -0.15) is 9.94 Å². The van der Waals surface area contributed by atoms with Gasteiger partial charge in [0.05, 0.1) is 35.4 Å². The van der Waals surface area contributed by atoms with E-state index in [1.807, 2.05) is 24.3 Å². The number of halogens is 1. The summed E-state index contributed by atoms with van der Waals surface area (Å²) in [4.78, 5) is 21.0. The first kappa shape index (κ1) is 36.2. The monoisotopic (exact) mass is 696 g/mol. The number of nitrogens with zero attached hydrogens (tertiary/aromatic N) is 7. The average molecular weight is 697 g/mol. The third-order valence-electron chi connectivity index (χ3n) is 8.81. The number of carbonyl (C=O) groups is 1. The molecule has 5 rings (SSSR count). The van der Waals surface area contributed by atoms with Gasteiger partial charge in [-0.15, -0.1) is 5.10 Å². The minimum absolute atomic E-state index is 0.118. The van der Waals surface area contributed by atoms with E-state index in [-0.39, 0.29) is 25.3 Å². The smallest absolute Gasteiger partial charge is 0.435 e. The molecule has 3 aromatic rings. The second kappa shape index (κ2) is 17.5. The summed E-state index contributed by atoms with van der Waals surface area (Å²) in [6.07, 6.45) is 5.56. The number of tetrazole rings is 1. The zero-order valence-electron chi connectivity index (χ0n) is 28.2. The number of rotatable bonds is 15. The minimum Gasteiger partial charge on any atom is -0.435 e. The third-order valence-corrected chi connectivity index (χ3v) is 9.11.